The molecule has 0 aromatic heterocycles. The summed E-state index contributed by atoms with van der Waals surface area (Å²) in [6.07, 6.45) is 0.964. The Labute approximate surface area is 167 Å². The molecule has 6 nitrogen and oxygen atoms in total. The average molecular weight is 415 g/mol. The highest BCUT2D eigenvalue weighted by atomic mass is 35.5. The van der Waals surface area contributed by atoms with E-state index in [2.05, 4.69) is 36.0 Å². The van der Waals surface area contributed by atoms with Gasteiger partial charge in [-0.25, -0.2) is 8.42 Å². The minimum atomic E-state index is -3.52. The van der Waals surface area contributed by atoms with Crippen LogP contribution in [0.25, 0.3) is 0 Å². The average Bonchev–Trinajstić information content (AvgIpc) is 2.54. The fourth-order valence-corrected chi connectivity index (χ4v) is 3.26. The Morgan fingerprint density at radius 1 is 1.11 bits per heavy atom. The molecule has 0 fully saturated rings. The van der Waals surface area contributed by atoms with Crippen molar-refractivity contribution < 1.29 is 18.6 Å². The van der Waals surface area contributed by atoms with Gasteiger partial charge >= 0.3 is 0 Å². The maximum absolute atomic E-state index is 11.4. The topological polar surface area (TPSA) is 98.7 Å². The number of benzene rings is 2. The predicted octanol–water partition coefficient (Wildman–Crippen LogP) is 2.83. The number of aliphatic hydroxyl groups is 1. The molecule has 4 N–H and O–H groups in total. The van der Waals surface area contributed by atoms with Gasteiger partial charge < -0.3 is 15.5 Å². The van der Waals surface area contributed by atoms with Crippen LogP contribution >= 0.6 is 12.4 Å². The molecular weight excluding hydrogens is 388 g/mol. The molecule has 8 heteroatoms. The molecule has 2 aromatic rings. The van der Waals surface area contributed by atoms with Crippen molar-refractivity contribution in [3.8, 4) is 5.75 Å². The number of sulfonamides is 1. The van der Waals surface area contributed by atoms with E-state index >= 15 is 0 Å². The number of hydrogen-bond acceptors (Lipinski definition) is 5. The van der Waals surface area contributed by atoms with Crippen molar-refractivity contribution in [2.75, 3.05) is 17.5 Å². The number of rotatable bonds is 8. The van der Waals surface area contributed by atoms with Gasteiger partial charge in [-0.1, -0.05) is 36.4 Å². The lowest BCUT2D eigenvalue weighted by Gasteiger charge is -2.28. The molecule has 27 heavy (non-hydrogen) atoms. The first kappa shape index (κ1) is 23.2. The number of phenols is 1. The van der Waals surface area contributed by atoms with Crippen LogP contribution in [0.2, 0.25) is 0 Å². The quantitative estimate of drug-likeness (QED) is 0.498. The van der Waals surface area contributed by atoms with Crippen molar-refractivity contribution in [3.05, 3.63) is 59.7 Å². The first-order chi connectivity index (χ1) is 12.1. The van der Waals surface area contributed by atoms with E-state index in [1.54, 1.807) is 6.07 Å². The van der Waals surface area contributed by atoms with Crippen LogP contribution in [0, 0.1) is 0 Å². The van der Waals surface area contributed by atoms with Crippen molar-refractivity contribution >= 4 is 28.1 Å². The number of anilines is 1. The van der Waals surface area contributed by atoms with E-state index in [9.17, 15) is 18.6 Å². The zero-order valence-corrected chi connectivity index (χ0v) is 17.3. The Balaban J connectivity index is 0.00000364. The molecular formula is C19H27ClN2O4S. The number of aromatic hydroxyl groups is 1. The summed E-state index contributed by atoms with van der Waals surface area (Å²) in [6, 6.07) is 14.4. The smallest absolute Gasteiger partial charge is 0.229 e. The van der Waals surface area contributed by atoms with E-state index in [4.69, 9.17) is 0 Å². The summed E-state index contributed by atoms with van der Waals surface area (Å²) in [4.78, 5) is 0. The standard InChI is InChI=1S/C19H26N2O4S.ClH/c1-19(2,12-14-7-5-4-6-8-14)20-13-18(23)15-9-10-17(22)16(11-15)21-26(3,24)25;/h4-11,18,20-23H,12-13H2,1-3H3;1H/t18-;/m1./s1. The molecule has 0 bridgehead atoms. The third-order valence-electron chi connectivity index (χ3n) is 3.96. The molecule has 150 valence electrons. The van der Waals surface area contributed by atoms with Gasteiger partial charge in [0.05, 0.1) is 18.0 Å². The summed E-state index contributed by atoms with van der Waals surface area (Å²) in [5, 5.41) is 23.6. The number of β-amino-alcohol motifs (C(OH)–C–C–N with tert-alkyl or cyclic N) is 1. The Kier molecular flexibility index (Phi) is 8.10. The number of halogens is 1. The molecule has 0 spiro atoms. The lowest BCUT2D eigenvalue weighted by atomic mass is 9.94. The highest BCUT2D eigenvalue weighted by Crippen LogP contribution is 2.28. The second-order valence-corrected chi connectivity index (χ2v) is 8.84. The van der Waals surface area contributed by atoms with Crippen molar-refractivity contribution in [2.45, 2.75) is 31.9 Å². The third-order valence-corrected chi connectivity index (χ3v) is 4.55. The maximum Gasteiger partial charge on any atom is 0.229 e. The van der Waals surface area contributed by atoms with Crippen LogP contribution < -0.4 is 10.0 Å². The summed E-state index contributed by atoms with van der Waals surface area (Å²) >= 11 is 0. The molecule has 0 radical (unpaired) electrons. The Bertz CT molecular complexity index is 842. The second kappa shape index (κ2) is 9.41. The molecule has 1 atom stereocenters. The van der Waals surface area contributed by atoms with E-state index < -0.39 is 16.1 Å². The lowest BCUT2D eigenvalue weighted by Crippen LogP contribution is -2.43. The van der Waals surface area contributed by atoms with Gasteiger partial charge in [0.25, 0.3) is 0 Å². The monoisotopic (exact) mass is 414 g/mol. The van der Waals surface area contributed by atoms with Crippen LogP contribution in [-0.4, -0.2) is 37.0 Å². The zero-order valence-electron chi connectivity index (χ0n) is 15.6. The van der Waals surface area contributed by atoms with Crippen molar-refractivity contribution in [2.24, 2.45) is 0 Å². The van der Waals surface area contributed by atoms with E-state index in [1.165, 1.54) is 17.7 Å². The predicted molar refractivity (Wildman–Crippen MR) is 111 cm³/mol. The SMILES string of the molecule is CC(C)(Cc1ccccc1)NC[C@@H](O)c1ccc(O)c(NS(C)(=O)=O)c1.Cl. The van der Waals surface area contributed by atoms with E-state index in [0.29, 0.717) is 12.1 Å². The van der Waals surface area contributed by atoms with Crippen LogP contribution in [0.3, 0.4) is 0 Å². The molecule has 0 heterocycles. The van der Waals surface area contributed by atoms with Gasteiger partial charge in [-0.3, -0.25) is 4.72 Å². The van der Waals surface area contributed by atoms with Gasteiger partial charge in [-0.15, -0.1) is 12.4 Å². The number of nitrogens with one attached hydrogen (secondary N) is 2. The maximum atomic E-state index is 11.4. The number of hydrogen-bond donors (Lipinski definition) is 4. The van der Waals surface area contributed by atoms with Crippen molar-refractivity contribution in [1.29, 1.82) is 0 Å². The number of aliphatic hydroxyl groups excluding tert-OH is 1. The van der Waals surface area contributed by atoms with Gasteiger partial charge in [0.2, 0.25) is 10.0 Å². The van der Waals surface area contributed by atoms with Crippen LogP contribution in [0.5, 0.6) is 5.75 Å². The van der Waals surface area contributed by atoms with E-state index in [-0.39, 0.29) is 29.4 Å². The van der Waals surface area contributed by atoms with Gasteiger partial charge in [0, 0.05) is 12.1 Å². The van der Waals surface area contributed by atoms with Crippen molar-refractivity contribution in [3.63, 3.8) is 0 Å². The summed E-state index contributed by atoms with van der Waals surface area (Å²) in [6.45, 7) is 4.41. The molecule has 0 saturated heterocycles. The van der Waals surface area contributed by atoms with Gasteiger partial charge in [0.1, 0.15) is 5.75 Å². The summed E-state index contributed by atoms with van der Waals surface area (Å²) in [5.41, 5.74) is 1.53. The second-order valence-electron chi connectivity index (χ2n) is 7.09. The minimum Gasteiger partial charge on any atom is -0.506 e. The Hall–Kier alpha value is -1.80. The summed E-state index contributed by atoms with van der Waals surface area (Å²) in [7, 11) is -3.52. The summed E-state index contributed by atoms with van der Waals surface area (Å²) < 4.78 is 25.0. The first-order valence-corrected chi connectivity index (χ1v) is 10.2. The first-order valence-electron chi connectivity index (χ1n) is 8.33. The highest BCUT2D eigenvalue weighted by Gasteiger charge is 2.20. The fourth-order valence-electron chi connectivity index (χ4n) is 2.70. The van der Waals surface area contributed by atoms with Crippen molar-refractivity contribution in [1.82, 2.24) is 5.32 Å². The zero-order chi connectivity index (χ0) is 19.4. The molecule has 2 aromatic carbocycles. The molecule has 0 amide bonds. The van der Waals surface area contributed by atoms with Crippen LogP contribution in [0.1, 0.15) is 31.1 Å². The molecule has 0 unspecified atom stereocenters. The van der Waals surface area contributed by atoms with E-state index in [1.807, 2.05) is 18.2 Å². The van der Waals surface area contributed by atoms with Crippen LogP contribution in [0.15, 0.2) is 48.5 Å². The van der Waals surface area contributed by atoms with Crippen LogP contribution in [-0.2, 0) is 16.4 Å². The fraction of sp³-hybridized carbons (Fsp3) is 0.368. The third kappa shape index (κ3) is 7.76. The number of phenolic OH excluding ortho intramolecular Hbond substituents is 1. The summed E-state index contributed by atoms with van der Waals surface area (Å²) in [5.74, 6) is -0.191. The molecule has 0 aliphatic rings. The Morgan fingerprint density at radius 3 is 2.33 bits per heavy atom. The normalized spacial score (nSPS) is 12.9. The van der Waals surface area contributed by atoms with Crippen LogP contribution in [0.4, 0.5) is 5.69 Å². The van der Waals surface area contributed by atoms with Gasteiger partial charge in [0.15, 0.2) is 0 Å². The molecule has 0 aliphatic carbocycles. The van der Waals surface area contributed by atoms with Gasteiger partial charge in [-0.2, -0.15) is 0 Å². The molecule has 2 rings (SSSR count). The van der Waals surface area contributed by atoms with Gasteiger partial charge in [-0.05, 0) is 43.5 Å². The largest absolute Gasteiger partial charge is 0.506 e. The molecule has 0 saturated carbocycles. The Morgan fingerprint density at radius 2 is 1.74 bits per heavy atom. The minimum absolute atomic E-state index is 0. The van der Waals surface area contributed by atoms with E-state index in [0.717, 1.165) is 12.7 Å². The lowest BCUT2D eigenvalue weighted by molar-refractivity contribution is 0.160. The molecule has 0 aliphatic heterocycles. The highest BCUT2D eigenvalue weighted by molar-refractivity contribution is 7.92.